The molecule has 3 fully saturated rings. The number of fused-ring (bicyclic) bond motifs is 1. The van der Waals surface area contributed by atoms with Gasteiger partial charge in [-0.2, -0.15) is 0 Å². The fraction of sp³-hybridized carbons (Fsp3) is 0.571. The molecule has 1 aliphatic carbocycles. The van der Waals surface area contributed by atoms with Crippen molar-refractivity contribution in [2.75, 3.05) is 32.8 Å². The highest BCUT2D eigenvalue weighted by atomic mass is 16.6. The predicted octanol–water partition coefficient (Wildman–Crippen LogP) is 2.59. The second-order valence-electron chi connectivity index (χ2n) is 8.80. The normalized spacial score (nSPS) is 24.2. The molecule has 1 spiro atoms. The summed E-state index contributed by atoms with van der Waals surface area (Å²) in [6, 6.07) is 3.56. The van der Waals surface area contributed by atoms with E-state index in [1.54, 1.807) is 23.4 Å². The molecule has 2 saturated heterocycles. The smallest absolute Gasteiger partial charge is 0.410 e. The van der Waals surface area contributed by atoms with Crippen LogP contribution in [0.2, 0.25) is 0 Å². The lowest BCUT2D eigenvalue weighted by molar-refractivity contribution is -0.172. The fourth-order valence-electron chi connectivity index (χ4n) is 4.49. The van der Waals surface area contributed by atoms with Gasteiger partial charge in [-0.15, -0.1) is 0 Å². The molecule has 1 atom stereocenters. The average molecular weight is 399 g/mol. The summed E-state index contributed by atoms with van der Waals surface area (Å²) in [6.07, 6.45) is 6.04. The van der Waals surface area contributed by atoms with Crippen LogP contribution in [-0.4, -0.2) is 60.3 Å². The van der Waals surface area contributed by atoms with Crippen LogP contribution in [0.5, 0.6) is 0 Å². The number of aromatic nitrogens is 1. The first-order valence-electron chi connectivity index (χ1n) is 10.1. The summed E-state index contributed by atoms with van der Waals surface area (Å²) >= 11 is 0. The topological polar surface area (TPSA) is 93.9 Å². The highest BCUT2D eigenvalue weighted by molar-refractivity contribution is 5.95. The van der Waals surface area contributed by atoms with Crippen LogP contribution in [0, 0.1) is 11.3 Å². The highest BCUT2D eigenvalue weighted by Crippen LogP contribution is 2.59. The molecule has 154 valence electrons. The second-order valence-corrected chi connectivity index (χ2v) is 8.80. The van der Waals surface area contributed by atoms with Gasteiger partial charge in [0.25, 0.3) is 5.91 Å². The van der Waals surface area contributed by atoms with Gasteiger partial charge < -0.3 is 24.1 Å². The maximum atomic E-state index is 12.4. The van der Waals surface area contributed by atoms with Gasteiger partial charge in [-0.1, -0.05) is 0 Å². The molecule has 1 unspecified atom stereocenters. The third-order valence-electron chi connectivity index (χ3n) is 6.58. The standard InChI is InChI=1S/C21H25N3O5/c1-20(12-27-13-20)29-19(26)24-6-3-21(4-7-24)9-15(21)10-23-18(25)16-8-14-2-5-22-11-17(14)28-16/h2,5,8,11,15H,3-4,6-7,9-10,12-13H2,1H3,(H,23,25). The zero-order chi connectivity index (χ0) is 20.1. The van der Waals surface area contributed by atoms with E-state index in [4.69, 9.17) is 13.9 Å². The predicted molar refractivity (Wildman–Crippen MR) is 103 cm³/mol. The number of carbonyl (C=O) groups is 2. The molecule has 1 N–H and O–H groups in total. The van der Waals surface area contributed by atoms with Gasteiger partial charge in [-0.25, -0.2) is 4.79 Å². The number of furan rings is 1. The maximum absolute atomic E-state index is 12.4. The summed E-state index contributed by atoms with van der Waals surface area (Å²) in [4.78, 5) is 30.6. The monoisotopic (exact) mass is 399 g/mol. The quantitative estimate of drug-likeness (QED) is 0.849. The van der Waals surface area contributed by atoms with E-state index in [1.165, 1.54) is 0 Å². The lowest BCUT2D eigenvalue weighted by Gasteiger charge is -2.40. The minimum Gasteiger partial charge on any atom is -0.449 e. The number of likely N-dealkylation sites (tertiary alicyclic amines) is 1. The van der Waals surface area contributed by atoms with E-state index in [-0.39, 0.29) is 17.4 Å². The molecule has 0 aromatic carbocycles. The van der Waals surface area contributed by atoms with Gasteiger partial charge in [0.1, 0.15) is 0 Å². The van der Waals surface area contributed by atoms with Gasteiger partial charge in [-0.3, -0.25) is 9.78 Å². The number of rotatable bonds is 4. The average Bonchev–Trinajstić information content (AvgIpc) is 3.17. The molecule has 8 nitrogen and oxygen atoms in total. The van der Waals surface area contributed by atoms with E-state index < -0.39 is 5.60 Å². The highest BCUT2D eigenvalue weighted by Gasteiger charge is 2.55. The van der Waals surface area contributed by atoms with Crippen molar-refractivity contribution in [1.82, 2.24) is 15.2 Å². The molecule has 8 heteroatoms. The number of nitrogens with zero attached hydrogens (tertiary/aromatic N) is 2. The Bertz CT molecular complexity index is 910. The molecule has 2 aromatic heterocycles. The zero-order valence-corrected chi connectivity index (χ0v) is 16.5. The number of amides is 2. The number of ether oxygens (including phenoxy) is 2. The first-order valence-corrected chi connectivity index (χ1v) is 10.1. The van der Waals surface area contributed by atoms with Gasteiger partial charge in [0.2, 0.25) is 0 Å². The molecular formula is C21H25N3O5. The molecule has 2 amide bonds. The van der Waals surface area contributed by atoms with E-state index in [2.05, 4.69) is 10.3 Å². The van der Waals surface area contributed by atoms with Crippen molar-refractivity contribution >= 4 is 23.0 Å². The molecule has 3 aliphatic rings. The Balaban J connectivity index is 1.10. The van der Waals surface area contributed by atoms with Crippen molar-refractivity contribution in [3.8, 4) is 0 Å². The second kappa shape index (κ2) is 6.73. The molecule has 1 saturated carbocycles. The number of piperidine rings is 1. The van der Waals surface area contributed by atoms with Crippen LogP contribution >= 0.6 is 0 Å². The minimum absolute atomic E-state index is 0.194. The van der Waals surface area contributed by atoms with Crippen LogP contribution in [0.3, 0.4) is 0 Å². The molecule has 5 rings (SSSR count). The van der Waals surface area contributed by atoms with Crippen LogP contribution in [0.1, 0.15) is 36.7 Å². The van der Waals surface area contributed by atoms with Crippen LogP contribution in [0.15, 0.2) is 28.9 Å². The number of nitrogens with one attached hydrogen (secondary N) is 1. The van der Waals surface area contributed by atoms with Crippen molar-refractivity contribution in [2.24, 2.45) is 11.3 Å². The summed E-state index contributed by atoms with van der Waals surface area (Å²) in [5, 5.41) is 3.87. The Hall–Kier alpha value is -2.61. The number of carbonyl (C=O) groups excluding carboxylic acids is 2. The third kappa shape index (κ3) is 3.46. The number of pyridine rings is 1. The van der Waals surface area contributed by atoms with Gasteiger partial charge in [-0.05, 0) is 49.7 Å². The molecule has 29 heavy (non-hydrogen) atoms. The summed E-state index contributed by atoms with van der Waals surface area (Å²) in [6.45, 7) is 4.89. The fourth-order valence-corrected chi connectivity index (χ4v) is 4.49. The van der Waals surface area contributed by atoms with Gasteiger partial charge in [0, 0.05) is 31.2 Å². The summed E-state index contributed by atoms with van der Waals surface area (Å²) in [7, 11) is 0. The Morgan fingerprint density at radius 3 is 2.83 bits per heavy atom. The van der Waals surface area contributed by atoms with Gasteiger partial charge in [0.15, 0.2) is 16.9 Å². The lowest BCUT2D eigenvalue weighted by atomic mass is 9.91. The first kappa shape index (κ1) is 18.4. The van der Waals surface area contributed by atoms with Gasteiger partial charge >= 0.3 is 6.09 Å². The maximum Gasteiger partial charge on any atom is 0.410 e. The van der Waals surface area contributed by atoms with E-state index in [0.717, 1.165) is 24.6 Å². The minimum atomic E-state index is -0.467. The van der Waals surface area contributed by atoms with Crippen LogP contribution in [0.4, 0.5) is 4.79 Å². The Kier molecular flexibility index (Phi) is 4.27. The van der Waals surface area contributed by atoms with E-state index in [0.29, 0.717) is 50.1 Å². The van der Waals surface area contributed by atoms with E-state index >= 15 is 0 Å². The van der Waals surface area contributed by atoms with Crippen molar-refractivity contribution in [3.63, 3.8) is 0 Å². The Morgan fingerprint density at radius 2 is 2.14 bits per heavy atom. The largest absolute Gasteiger partial charge is 0.449 e. The third-order valence-corrected chi connectivity index (χ3v) is 6.58. The SMILES string of the molecule is CC1(OC(=O)N2CCC3(CC2)CC3CNC(=O)c2cc3ccncc3o2)COC1. The molecule has 4 heterocycles. The summed E-state index contributed by atoms with van der Waals surface area (Å²) in [5.74, 6) is 0.571. The van der Waals surface area contributed by atoms with E-state index in [9.17, 15) is 9.59 Å². The summed E-state index contributed by atoms with van der Waals surface area (Å²) in [5.41, 5.74) is 0.388. The molecule has 2 aliphatic heterocycles. The van der Waals surface area contributed by atoms with Crippen LogP contribution in [-0.2, 0) is 9.47 Å². The lowest BCUT2D eigenvalue weighted by Crippen LogP contribution is -2.53. The van der Waals surface area contributed by atoms with Crippen LogP contribution < -0.4 is 5.32 Å². The van der Waals surface area contributed by atoms with Crippen LogP contribution in [0.25, 0.3) is 11.0 Å². The number of hydrogen-bond donors (Lipinski definition) is 1. The van der Waals surface area contributed by atoms with Crippen molar-refractivity contribution < 1.29 is 23.5 Å². The number of hydrogen-bond acceptors (Lipinski definition) is 6. The van der Waals surface area contributed by atoms with E-state index in [1.807, 2.05) is 13.0 Å². The molecule has 0 radical (unpaired) electrons. The molecule has 2 aromatic rings. The Morgan fingerprint density at radius 1 is 1.34 bits per heavy atom. The summed E-state index contributed by atoms with van der Waals surface area (Å²) < 4.78 is 16.3. The van der Waals surface area contributed by atoms with Crippen molar-refractivity contribution in [3.05, 3.63) is 30.3 Å². The first-order chi connectivity index (χ1) is 14.0. The molecule has 0 bridgehead atoms. The Labute approximate surface area is 168 Å². The van der Waals surface area contributed by atoms with Crippen molar-refractivity contribution in [2.45, 2.75) is 31.8 Å². The van der Waals surface area contributed by atoms with Crippen molar-refractivity contribution in [1.29, 1.82) is 0 Å². The molecular weight excluding hydrogens is 374 g/mol. The van der Waals surface area contributed by atoms with Gasteiger partial charge in [0.05, 0.1) is 19.4 Å². The zero-order valence-electron chi connectivity index (χ0n) is 16.5.